The van der Waals surface area contributed by atoms with Crippen LogP contribution < -0.4 is 5.32 Å². The van der Waals surface area contributed by atoms with Gasteiger partial charge in [0.1, 0.15) is 6.10 Å². The summed E-state index contributed by atoms with van der Waals surface area (Å²) in [6.07, 6.45) is 1.55. The van der Waals surface area contributed by atoms with E-state index in [1.54, 1.807) is 0 Å². The molecule has 0 aliphatic carbocycles. The highest BCUT2D eigenvalue weighted by Gasteiger charge is 2.18. The van der Waals surface area contributed by atoms with Crippen molar-refractivity contribution in [1.82, 2.24) is 5.32 Å². The molecule has 1 saturated heterocycles. The van der Waals surface area contributed by atoms with Gasteiger partial charge in [-0.1, -0.05) is 47.5 Å². The first-order valence-corrected chi connectivity index (χ1v) is 10.0. The third kappa shape index (κ3) is 6.46. The minimum absolute atomic E-state index is 0.217. The second-order valence-corrected chi connectivity index (χ2v) is 7.64. The van der Waals surface area contributed by atoms with Crippen molar-refractivity contribution in [2.24, 2.45) is 0 Å². The van der Waals surface area contributed by atoms with Crippen molar-refractivity contribution in [2.45, 2.75) is 31.2 Å². The van der Waals surface area contributed by atoms with Crippen LogP contribution in [0.25, 0.3) is 0 Å². The van der Waals surface area contributed by atoms with Crippen LogP contribution in [0, 0.1) is 0 Å². The van der Waals surface area contributed by atoms with Crippen molar-refractivity contribution in [1.29, 1.82) is 0 Å². The van der Waals surface area contributed by atoms with Crippen LogP contribution in [-0.2, 0) is 9.47 Å². The number of halogens is 2. The highest BCUT2D eigenvalue weighted by atomic mass is 35.5. The van der Waals surface area contributed by atoms with Gasteiger partial charge in [-0.05, 0) is 48.2 Å². The molecule has 2 N–H and O–H groups in total. The maximum atomic E-state index is 10.3. The number of aliphatic hydroxyl groups is 1. The summed E-state index contributed by atoms with van der Waals surface area (Å²) in [5, 5.41) is 14.9. The molecule has 0 radical (unpaired) electrons. The zero-order valence-corrected chi connectivity index (χ0v) is 16.6. The van der Waals surface area contributed by atoms with Gasteiger partial charge in [-0.25, -0.2) is 0 Å². The fraction of sp³-hybridized carbons (Fsp3) is 0.429. The molecule has 1 heterocycles. The van der Waals surface area contributed by atoms with Crippen LogP contribution in [0.5, 0.6) is 0 Å². The zero-order chi connectivity index (χ0) is 19.1. The van der Waals surface area contributed by atoms with Crippen LogP contribution in [0.4, 0.5) is 0 Å². The number of hydrogen-bond acceptors (Lipinski definition) is 4. The van der Waals surface area contributed by atoms with Gasteiger partial charge >= 0.3 is 0 Å². The molecule has 1 aliphatic heterocycles. The largest absolute Gasteiger partial charge is 0.389 e. The predicted octanol–water partition coefficient (Wildman–Crippen LogP) is 4.23. The highest BCUT2D eigenvalue weighted by molar-refractivity contribution is 6.30. The fourth-order valence-corrected chi connectivity index (χ4v) is 3.39. The summed E-state index contributed by atoms with van der Waals surface area (Å²) in [6.45, 7) is 2.28. The second-order valence-electron chi connectivity index (χ2n) is 6.76. The number of aliphatic hydroxyl groups excluding tert-OH is 1. The average molecular weight is 410 g/mol. The lowest BCUT2D eigenvalue weighted by Gasteiger charge is -2.22. The third-order valence-electron chi connectivity index (χ3n) is 4.58. The standard InChI is InChI=1S/C21H25Cl2NO3/c22-17-7-3-15(4-8-17)21(16-5-9-18(23)10-6-16)27-14-19(25)12-24-13-20-2-1-11-26-20/h3-10,19-21,24-25H,1-2,11-14H2/t19-,20-/m0/s1. The summed E-state index contributed by atoms with van der Waals surface area (Å²) in [5.41, 5.74) is 1.95. The van der Waals surface area contributed by atoms with Gasteiger partial charge in [0, 0.05) is 29.7 Å². The van der Waals surface area contributed by atoms with E-state index in [4.69, 9.17) is 32.7 Å². The van der Waals surface area contributed by atoms with E-state index in [2.05, 4.69) is 5.32 Å². The van der Waals surface area contributed by atoms with Crippen LogP contribution in [-0.4, -0.2) is 43.6 Å². The van der Waals surface area contributed by atoms with Crippen molar-refractivity contribution < 1.29 is 14.6 Å². The molecule has 146 valence electrons. The Hall–Kier alpha value is -1.14. The van der Waals surface area contributed by atoms with Gasteiger partial charge in [0.15, 0.2) is 0 Å². The first kappa shape index (κ1) is 20.6. The van der Waals surface area contributed by atoms with Crippen molar-refractivity contribution in [3.63, 3.8) is 0 Å². The monoisotopic (exact) mass is 409 g/mol. The molecule has 0 saturated carbocycles. The van der Waals surface area contributed by atoms with Crippen LogP contribution in [0.2, 0.25) is 10.0 Å². The van der Waals surface area contributed by atoms with E-state index in [1.807, 2.05) is 48.5 Å². The molecule has 0 unspecified atom stereocenters. The quantitative estimate of drug-likeness (QED) is 0.650. The Morgan fingerprint density at radius 2 is 1.63 bits per heavy atom. The number of ether oxygens (including phenoxy) is 2. The topological polar surface area (TPSA) is 50.7 Å². The Balaban J connectivity index is 1.57. The van der Waals surface area contributed by atoms with Gasteiger partial charge in [-0.2, -0.15) is 0 Å². The highest BCUT2D eigenvalue weighted by Crippen LogP contribution is 2.28. The summed E-state index contributed by atoms with van der Waals surface area (Å²) in [7, 11) is 0. The number of benzene rings is 2. The van der Waals surface area contributed by atoms with Crippen LogP contribution in [0.3, 0.4) is 0 Å². The molecule has 2 atom stereocenters. The van der Waals surface area contributed by atoms with E-state index < -0.39 is 6.10 Å². The molecule has 1 aliphatic rings. The van der Waals surface area contributed by atoms with Crippen molar-refractivity contribution in [3.05, 3.63) is 69.7 Å². The Morgan fingerprint density at radius 1 is 1.04 bits per heavy atom. The molecule has 2 aromatic carbocycles. The molecule has 0 amide bonds. The minimum atomic E-state index is -0.603. The average Bonchev–Trinajstić information content (AvgIpc) is 3.18. The van der Waals surface area contributed by atoms with Gasteiger partial charge in [-0.3, -0.25) is 0 Å². The van der Waals surface area contributed by atoms with Crippen molar-refractivity contribution in [2.75, 3.05) is 26.3 Å². The Labute approximate surface area is 170 Å². The third-order valence-corrected chi connectivity index (χ3v) is 5.08. The molecule has 0 bridgehead atoms. The van der Waals surface area contributed by atoms with Crippen molar-refractivity contribution >= 4 is 23.2 Å². The lowest BCUT2D eigenvalue weighted by molar-refractivity contribution is 0.00518. The number of rotatable bonds is 9. The van der Waals surface area contributed by atoms with Crippen LogP contribution in [0.1, 0.15) is 30.1 Å². The molecule has 2 aromatic rings. The fourth-order valence-electron chi connectivity index (χ4n) is 3.14. The van der Waals surface area contributed by atoms with E-state index in [9.17, 15) is 5.11 Å². The van der Waals surface area contributed by atoms with E-state index in [1.165, 1.54) is 0 Å². The lowest BCUT2D eigenvalue weighted by atomic mass is 10.0. The molecular weight excluding hydrogens is 385 g/mol. The van der Waals surface area contributed by atoms with Crippen LogP contribution >= 0.6 is 23.2 Å². The summed E-state index contributed by atoms with van der Waals surface area (Å²) >= 11 is 12.0. The van der Waals surface area contributed by atoms with Gasteiger partial charge in [-0.15, -0.1) is 0 Å². The Kier molecular flexibility index (Phi) is 7.94. The van der Waals surface area contributed by atoms with E-state index >= 15 is 0 Å². The Morgan fingerprint density at radius 3 is 2.15 bits per heavy atom. The predicted molar refractivity (Wildman–Crippen MR) is 109 cm³/mol. The summed E-state index contributed by atoms with van der Waals surface area (Å²) in [5.74, 6) is 0. The first-order valence-electron chi connectivity index (χ1n) is 9.25. The number of nitrogens with one attached hydrogen (secondary N) is 1. The SMILES string of the molecule is O[C@@H](CNC[C@@H]1CCCO1)COC(c1ccc(Cl)cc1)c1ccc(Cl)cc1. The molecule has 6 heteroatoms. The molecular formula is C21H25Cl2NO3. The summed E-state index contributed by atoms with van der Waals surface area (Å²) < 4.78 is 11.6. The van der Waals surface area contributed by atoms with Crippen molar-refractivity contribution in [3.8, 4) is 0 Å². The zero-order valence-electron chi connectivity index (χ0n) is 15.1. The normalized spacial score (nSPS) is 18.1. The minimum Gasteiger partial charge on any atom is -0.389 e. The van der Waals surface area contributed by atoms with Gasteiger partial charge < -0.3 is 19.9 Å². The molecule has 1 fully saturated rings. The van der Waals surface area contributed by atoms with Gasteiger partial charge in [0.05, 0.1) is 18.8 Å². The molecule has 0 spiro atoms. The molecule has 27 heavy (non-hydrogen) atoms. The molecule has 4 nitrogen and oxygen atoms in total. The maximum absolute atomic E-state index is 10.3. The summed E-state index contributed by atoms with van der Waals surface area (Å²) in [6, 6.07) is 15.1. The van der Waals surface area contributed by atoms with Gasteiger partial charge in [0.2, 0.25) is 0 Å². The van der Waals surface area contributed by atoms with E-state index in [-0.39, 0.29) is 18.8 Å². The van der Waals surface area contributed by atoms with E-state index in [0.717, 1.165) is 37.1 Å². The number of hydrogen-bond donors (Lipinski definition) is 2. The van der Waals surface area contributed by atoms with Gasteiger partial charge in [0.25, 0.3) is 0 Å². The van der Waals surface area contributed by atoms with Crippen LogP contribution in [0.15, 0.2) is 48.5 Å². The lowest BCUT2D eigenvalue weighted by Crippen LogP contribution is -2.35. The van der Waals surface area contributed by atoms with E-state index in [0.29, 0.717) is 16.6 Å². The molecule has 3 rings (SSSR count). The molecule has 0 aromatic heterocycles. The maximum Gasteiger partial charge on any atom is 0.108 e. The second kappa shape index (κ2) is 10.4. The Bertz CT molecular complexity index is 642. The first-order chi connectivity index (χ1) is 13.1. The smallest absolute Gasteiger partial charge is 0.108 e. The summed E-state index contributed by atoms with van der Waals surface area (Å²) in [4.78, 5) is 0.